The fourth-order valence-corrected chi connectivity index (χ4v) is 3.67. The number of benzene rings is 1. The number of amides is 1. The van der Waals surface area contributed by atoms with E-state index in [0.717, 1.165) is 25.7 Å². The third kappa shape index (κ3) is 4.92. The van der Waals surface area contributed by atoms with Gasteiger partial charge in [-0.2, -0.15) is 0 Å². The van der Waals surface area contributed by atoms with Crippen LogP contribution in [0.3, 0.4) is 0 Å². The summed E-state index contributed by atoms with van der Waals surface area (Å²) < 4.78 is 25.3. The van der Waals surface area contributed by atoms with E-state index in [1.165, 1.54) is 18.6 Å². The molecule has 21 heavy (non-hydrogen) atoms. The molecule has 0 saturated heterocycles. The van der Waals surface area contributed by atoms with Gasteiger partial charge >= 0.3 is 0 Å². The Morgan fingerprint density at radius 2 is 2.10 bits per heavy atom. The lowest BCUT2D eigenvalue weighted by Crippen LogP contribution is -2.42. The zero-order chi connectivity index (χ0) is 15.2. The van der Waals surface area contributed by atoms with Crippen LogP contribution in [0.5, 0.6) is 0 Å². The maximum absolute atomic E-state index is 13.1. The highest BCUT2D eigenvalue weighted by Crippen LogP contribution is 2.18. The van der Waals surface area contributed by atoms with Crippen molar-refractivity contribution in [3.63, 3.8) is 0 Å². The first kappa shape index (κ1) is 16.1. The summed E-state index contributed by atoms with van der Waals surface area (Å²) in [5.74, 6) is -0.294. The Bertz CT molecular complexity index is 515. The SMILES string of the molecule is C[C@H](C(=O)NC1CCCCC1)[S@@](=O)Cc1cccc(F)c1. The minimum absolute atomic E-state index is 0.156. The predicted octanol–water partition coefficient (Wildman–Crippen LogP) is 2.91. The van der Waals surface area contributed by atoms with Gasteiger partial charge in [0.15, 0.2) is 0 Å². The van der Waals surface area contributed by atoms with Gasteiger partial charge in [-0.25, -0.2) is 4.39 Å². The number of halogens is 1. The van der Waals surface area contributed by atoms with Gasteiger partial charge in [-0.3, -0.25) is 9.00 Å². The van der Waals surface area contributed by atoms with E-state index >= 15 is 0 Å². The molecule has 1 N–H and O–H groups in total. The van der Waals surface area contributed by atoms with Crippen LogP contribution in [-0.4, -0.2) is 21.4 Å². The first-order valence-corrected chi connectivity index (χ1v) is 8.86. The zero-order valence-electron chi connectivity index (χ0n) is 12.3. The van der Waals surface area contributed by atoms with E-state index in [2.05, 4.69) is 5.32 Å². The molecule has 0 unspecified atom stereocenters. The summed E-state index contributed by atoms with van der Waals surface area (Å²) in [7, 11) is -1.34. The van der Waals surface area contributed by atoms with Crippen LogP contribution < -0.4 is 5.32 Å². The summed E-state index contributed by atoms with van der Waals surface area (Å²) in [5, 5.41) is 2.42. The van der Waals surface area contributed by atoms with Crippen molar-refractivity contribution in [1.29, 1.82) is 0 Å². The van der Waals surface area contributed by atoms with Crippen molar-refractivity contribution < 1.29 is 13.4 Å². The average Bonchev–Trinajstić information content (AvgIpc) is 2.47. The number of rotatable bonds is 5. The molecule has 0 spiro atoms. The van der Waals surface area contributed by atoms with Gasteiger partial charge in [0.2, 0.25) is 5.91 Å². The number of carbonyl (C=O) groups excluding carboxylic acids is 1. The van der Waals surface area contributed by atoms with Crippen LogP contribution >= 0.6 is 0 Å². The average molecular weight is 311 g/mol. The van der Waals surface area contributed by atoms with Crippen molar-refractivity contribution in [2.45, 2.75) is 56.1 Å². The quantitative estimate of drug-likeness (QED) is 0.909. The second-order valence-corrected chi connectivity index (χ2v) is 7.40. The van der Waals surface area contributed by atoms with Crippen LogP contribution in [0.2, 0.25) is 0 Å². The van der Waals surface area contributed by atoms with Crippen LogP contribution in [0.25, 0.3) is 0 Å². The largest absolute Gasteiger partial charge is 0.352 e. The molecule has 0 aromatic heterocycles. The fourth-order valence-electron chi connectivity index (χ4n) is 2.60. The van der Waals surface area contributed by atoms with Crippen LogP contribution in [0.15, 0.2) is 24.3 Å². The molecule has 2 rings (SSSR count). The Labute approximate surface area is 127 Å². The van der Waals surface area contributed by atoms with Crippen molar-refractivity contribution in [2.24, 2.45) is 0 Å². The Morgan fingerprint density at radius 3 is 2.76 bits per heavy atom. The molecule has 1 aliphatic rings. The van der Waals surface area contributed by atoms with E-state index in [-0.39, 0.29) is 23.5 Å². The summed E-state index contributed by atoms with van der Waals surface area (Å²) in [6.45, 7) is 1.67. The minimum atomic E-state index is -1.34. The Balaban J connectivity index is 1.87. The van der Waals surface area contributed by atoms with Gasteiger partial charge in [0, 0.05) is 22.6 Å². The molecule has 1 aromatic carbocycles. The normalized spacial score (nSPS) is 19.0. The van der Waals surface area contributed by atoms with Crippen molar-refractivity contribution >= 4 is 16.7 Å². The Morgan fingerprint density at radius 1 is 1.38 bits per heavy atom. The van der Waals surface area contributed by atoms with Crippen LogP contribution in [-0.2, 0) is 21.3 Å². The van der Waals surface area contributed by atoms with E-state index in [4.69, 9.17) is 0 Å². The summed E-state index contributed by atoms with van der Waals surface area (Å²) in [5.41, 5.74) is 0.658. The van der Waals surface area contributed by atoms with Crippen molar-refractivity contribution in [2.75, 3.05) is 0 Å². The fraction of sp³-hybridized carbons (Fsp3) is 0.562. The molecular weight excluding hydrogens is 289 g/mol. The topological polar surface area (TPSA) is 46.2 Å². The van der Waals surface area contributed by atoms with Gasteiger partial charge in [0.05, 0.1) is 0 Å². The minimum Gasteiger partial charge on any atom is -0.352 e. The molecule has 1 saturated carbocycles. The highest BCUT2D eigenvalue weighted by atomic mass is 32.2. The smallest absolute Gasteiger partial charge is 0.235 e. The van der Waals surface area contributed by atoms with Gasteiger partial charge in [-0.05, 0) is 37.5 Å². The summed E-state index contributed by atoms with van der Waals surface area (Å²) in [4.78, 5) is 12.1. The number of hydrogen-bond acceptors (Lipinski definition) is 2. The van der Waals surface area contributed by atoms with E-state index in [1.807, 2.05) is 0 Å². The zero-order valence-corrected chi connectivity index (χ0v) is 13.1. The molecular formula is C16H22FNO2S. The molecule has 1 fully saturated rings. The van der Waals surface area contributed by atoms with Crippen LogP contribution in [0, 0.1) is 5.82 Å². The first-order valence-electron chi connectivity index (χ1n) is 7.48. The van der Waals surface area contributed by atoms with E-state index in [9.17, 15) is 13.4 Å². The van der Waals surface area contributed by atoms with Crippen molar-refractivity contribution in [1.82, 2.24) is 5.32 Å². The van der Waals surface area contributed by atoms with Gasteiger partial charge in [-0.15, -0.1) is 0 Å². The molecule has 1 amide bonds. The van der Waals surface area contributed by atoms with Crippen LogP contribution in [0.1, 0.15) is 44.6 Å². The Hall–Kier alpha value is -1.23. The molecule has 5 heteroatoms. The maximum Gasteiger partial charge on any atom is 0.235 e. The van der Waals surface area contributed by atoms with Gasteiger partial charge in [-0.1, -0.05) is 31.4 Å². The van der Waals surface area contributed by atoms with Crippen LogP contribution in [0.4, 0.5) is 4.39 Å². The maximum atomic E-state index is 13.1. The highest BCUT2D eigenvalue weighted by Gasteiger charge is 2.23. The molecule has 0 bridgehead atoms. The highest BCUT2D eigenvalue weighted by molar-refractivity contribution is 7.85. The monoisotopic (exact) mass is 311 g/mol. The summed E-state index contributed by atoms with van der Waals surface area (Å²) in [6, 6.07) is 6.26. The second-order valence-electron chi connectivity index (χ2n) is 5.64. The summed E-state index contributed by atoms with van der Waals surface area (Å²) in [6.07, 6.45) is 5.54. The molecule has 3 nitrogen and oxygen atoms in total. The first-order chi connectivity index (χ1) is 10.1. The van der Waals surface area contributed by atoms with E-state index in [1.54, 1.807) is 19.1 Å². The Kier molecular flexibility index (Phi) is 5.91. The second kappa shape index (κ2) is 7.69. The van der Waals surface area contributed by atoms with Gasteiger partial charge in [0.1, 0.15) is 11.1 Å². The number of nitrogens with one attached hydrogen (secondary N) is 1. The molecule has 1 aromatic rings. The number of hydrogen-bond donors (Lipinski definition) is 1. The van der Waals surface area contributed by atoms with E-state index in [0.29, 0.717) is 5.56 Å². The van der Waals surface area contributed by atoms with Gasteiger partial charge < -0.3 is 5.32 Å². The standard InChI is InChI=1S/C16H22FNO2S/c1-12(16(19)18-15-8-3-2-4-9-15)21(20)11-13-6-5-7-14(17)10-13/h5-7,10,12,15H,2-4,8-9,11H2,1H3,(H,18,19)/t12-,21+/m1/s1. The predicted molar refractivity (Wildman–Crippen MR) is 82.7 cm³/mol. The molecule has 116 valence electrons. The van der Waals surface area contributed by atoms with Gasteiger partial charge in [0.25, 0.3) is 0 Å². The third-order valence-corrected chi connectivity index (χ3v) is 5.53. The number of carbonyl (C=O) groups is 1. The molecule has 0 radical (unpaired) electrons. The molecule has 1 aliphatic carbocycles. The van der Waals surface area contributed by atoms with Crippen molar-refractivity contribution in [3.8, 4) is 0 Å². The van der Waals surface area contributed by atoms with Crippen molar-refractivity contribution in [3.05, 3.63) is 35.6 Å². The lowest BCUT2D eigenvalue weighted by atomic mass is 9.95. The molecule has 2 atom stereocenters. The third-order valence-electron chi connectivity index (χ3n) is 3.91. The lowest BCUT2D eigenvalue weighted by molar-refractivity contribution is -0.121. The molecule has 0 aliphatic heterocycles. The lowest BCUT2D eigenvalue weighted by Gasteiger charge is -2.24. The molecule has 0 heterocycles. The van der Waals surface area contributed by atoms with E-state index < -0.39 is 16.0 Å². The summed E-state index contributed by atoms with van der Waals surface area (Å²) >= 11 is 0.